The summed E-state index contributed by atoms with van der Waals surface area (Å²) in [5.41, 5.74) is -3.54. The van der Waals surface area contributed by atoms with Crippen LogP contribution >= 0.6 is 0 Å². The standard InChI is InChI=1S/C41H76BN5O11/c1-14-31-41(10,53)34(49)26(6)46(12)20-22(2)18-39(8,52)36(24(4)32(25(5)37(51)57-31)30-19-40(9,54-13)35(50)27(7)56-30)58-38-33(48)29(17-23(3)55-38)45(11)16-15-28-21-47(42)44-43-28/h21-27,29-36,38,48-50,52-53H,14-20,42H2,1-13H3/t22-,23-,24+,25-,26-,27+,29+,30?,31-,32+,33-,34-,35+,36-,38+,39-,40-,41-/m1/s1. The van der Waals surface area contributed by atoms with Gasteiger partial charge >= 0.3 is 5.97 Å². The van der Waals surface area contributed by atoms with E-state index >= 15 is 0 Å². The van der Waals surface area contributed by atoms with Gasteiger partial charge in [0.25, 0.3) is 7.98 Å². The fraction of sp³-hybridized carbons (Fsp3) is 0.927. The third kappa shape index (κ3) is 10.8. The van der Waals surface area contributed by atoms with Crippen molar-refractivity contribution in [2.24, 2.45) is 23.7 Å². The Kier molecular flexibility index (Phi) is 16.5. The molecule has 0 saturated carbocycles. The van der Waals surface area contributed by atoms with Crippen molar-refractivity contribution < 1.29 is 54.0 Å². The van der Waals surface area contributed by atoms with Crippen LogP contribution in [0.3, 0.4) is 0 Å². The molecule has 334 valence electrons. The van der Waals surface area contributed by atoms with Gasteiger partial charge in [-0.3, -0.25) is 4.79 Å². The summed E-state index contributed by atoms with van der Waals surface area (Å²) in [6.45, 7) is 19.1. The van der Waals surface area contributed by atoms with Gasteiger partial charge in [-0.25, -0.2) is 0 Å². The third-order valence-electron chi connectivity index (χ3n) is 13.8. The molecule has 1 aromatic rings. The van der Waals surface area contributed by atoms with E-state index in [1.165, 1.54) is 14.0 Å². The number of carbonyl (C=O) groups is 1. The summed E-state index contributed by atoms with van der Waals surface area (Å²) in [6.07, 6.45) is -4.47. The van der Waals surface area contributed by atoms with E-state index in [0.29, 0.717) is 25.9 Å². The molecule has 18 atom stereocenters. The number of aliphatic hydroxyl groups is 5. The number of methoxy groups -OCH3 is 1. The number of hydrogen-bond donors (Lipinski definition) is 5. The third-order valence-corrected chi connectivity index (χ3v) is 13.8. The lowest BCUT2D eigenvalue weighted by Crippen LogP contribution is -2.62. The van der Waals surface area contributed by atoms with E-state index in [9.17, 15) is 30.3 Å². The van der Waals surface area contributed by atoms with E-state index in [4.69, 9.17) is 23.7 Å². The second-order valence-corrected chi connectivity index (χ2v) is 18.9. The van der Waals surface area contributed by atoms with Gasteiger partial charge in [0.2, 0.25) is 0 Å². The number of aromatic nitrogens is 3. The fourth-order valence-electron chi connectivity index (χ4n) is 10.2. The van der Waals surface area contributed by atoms with Crippen molar-refractivity contribution in [1.82, 2.24) is 24.7 Å². The molecule has 58 heavy (non-hydrogen) atoms. The van der Waals surface area contributed by atoms with E-state index < -0.39 is 95.6 Å². The second-order valence-electron chi connectivity index (χ2n) is 18.9. The Balaban J connectivity index is 1.80. The zero-order valence-corrected chi connectivity index (χ0v) is 37.6. The quantitative estimate of drug-likeness (QED) is 0.173. The van der Waals surface area contributed by atoms with Crippen LogP contribution in [0.15, 0.2) is 6.20 Å². The molecule has 0 amide bonds. The van der Waals surface area contributed by atoms with Crippen molar-refractivity contribution in [1.29, 1.82) is 0 Å². The summed E-state index contributed by atoms with van der Waals surface area (Å²) < 4.78 is 33.6. The van der Waals surface area contributed by atoms with Crippen molar-refractivity contribution in [2.75, 3.05) is 34.3 Å². The number of hydrogen-bond acceptors (Lipinski definition) is 15. The Labute approximate surface area is 347 Å². The average molecular weight is 826 g/mol. The molecule has 3 saturated heterocycles. The maximum atomic E-state index is 14.5. The smallest absolute Gasteiger partial charge is 0.309 e. The first-order valence-electron chi connectivity index (χ1n) is 21.3. The second kappa shape index (κ2) is 19.5. The Morgan fingerprint density at radius 3 is 2.28 bits per heavy atom. The molecule has 4 rings (SSSR count). The lowest BCUT2D eigenvalue weighted by atomic mass is 9.68. The van der Waals surface area contributed by atoms with Crippen molar-refractivity contribution >= 4 is 14.0 Å². The largest absolute Gasteiger partial charge is 0.459 e. The molecule has 1 unspecified atom stereocenters. The van der Waals surface area contributed by atoms with Gasteiger partial charge in [0.05, 0.1) is 47.2 Å². The molecule has 3 aliphatic rings. The molecule has 3 aliphatic heterocycles. The Morgan fingerprint density at radius 2 is 1.69 bits per heavy atom. The summed E-state index contributed by atoms with van der Waals surface area (Å²) in [4.78, 5) is 18.5. The molecule has 4 heterocycles. The SMILES string of the molecule is Bn1cc(CCN(C)[C@H]2C[C@@H](C)O[C@@H](O[C@@H]3[C@@H](C)[C@H](C4C[C@@](C)(OC)[C@@H](O)[C@H](C)O4)[C@@H](C)C(=O)O[C@H](CC)[C@@](C)(O)[C@H](O)[C@@H](C)N(C)C[C@H](C)C[C@@]3(C)O)[C@@H]2O)nn1. The van der Waals surface area contributed by atoms with Gasteiger partial charge in [-0.2, -0.15) is 0 Å². The first-order valence-corrected chi connectivity index (χ1v) is 21.3. The van der Waals surface area contributed by atoms with Crippen molar-refractivity contribution in [2.45, 2.75) is 185 Å². The predicted molar refractivity (Wildman–Crippen MR) is 219 cm³/mol. The van der Waals surface area contributed by atoms with E-state index in [1.54, 1.807) is 32.3 Å². The first kappa shape index (κ1) is 48.9. The van der Waals surface area contributed by atoms with Gasteiger partial charge < -0.3 is 63.6 Å². The minimum atomic E-state index is -1.79. The zero-order valence-electron chi connectivity index (χ0n) is 37.6. The number of cyclic esters (lactones) is 1. The van der Waals surface area contributed by atoms with Gasteiger partial charge in [0.15, 0.2) is 6.29 Å². The molecule has 5 N–H and O–H groups in total. The van der Waals surface area contributed by atoms with Crippen LogP contribution in [0.5, 0.6) is 0 Å². The molecule has 0 aliphatic carbocycles. The van der Waals surface area contributed by atoms with E-state index in [1.807, 2.05) is 67.8 Å². The number of aliphatic hydroxyl groups excluding tert-OH is 3. The maximum Gasteiger partial charge on any atom is 0.309 e. The van der Waals surface area contributed by atoms with Crippen LogP contribution in [0, 0.1) is 23.7 Å². The number of nitrogens with zero attached hydrogens (tertiary/aromatic N) is 5. The summed E-state index contributed by atoms with van der Waals surface area (Å²) in [7, 11) is 7.16. The molecule has 17 heteroatoms. The number of likely N-dealkylation sites (N-methyl/N-ethyl adjacent to an activating group) is 2. The Morgan fingerprint density at radius 1 is 1.03 bits per heavy atom. The van der Waals surface area contributed by atoms with E-state index in [-0.39, 0.29) is 37.3 Å². The number of rotatable bonds is 9. The highest BCUT2D eigenvalue weighted by atomic mass is 16.7. The summed E-state index contributed by atoms with van der Waals surface area (Å²) in [6, 6.07) is -0.884. The molecule has 16 nitrogen and oxygen atoms in total. The summed E-state index contributed by atoms with van der Waals surface area (Å²) in [5, 5.41) is 67.7. The predicted octanol–water partition coefficient (Wildman–Crippen LogP) is 0.775. The molecule has 3 fully saturated rings. The monoisotopic (exact) mass is 826 g/mol. The van der Waals surface area contributed by atoms with Gasteiger partial charge in [-0.05, 0) is 86.7 Å². The summed E-state index contributed by atoms with van der Waals surface area (Å²) >= 11 is 0. The van der Waals surface area contributed by atoms with Crippen LogP contribution < -0.4 is 0 Å². The minimum Gasteiger partial charge on any atom is -0.459 e. The molecular weight excluding hydrogens is 749 g/mol. The lowest BCUT2D eigenvalue weighted by Gasteiger charge is -2.51. The van der Waals surface area contributed by atoms with E-state index in [2.05, 4.69) is 15.2 Å². The highest BCUT2D eigenvalue weighted by molar-refractivity contribution is 6.05. The highest BCUT2D eigenvalue weighted by Gasteiger charge is 2.55. The van der Waals surface area contributed by atoms with Crippen LogP contribution in [-0.4, -0.2) is 182 Å². The van der Waals surface area contributed by atoms with Gasteiger partial charge in [-0.15, -0.1) is 5.10 Å². The Bertz CT molecular complexity index is 1470. The Hall–Kier alpha value is -1.77. The number of ether oxygens (including phenoxy) is 5. The molecule has 0 radical (unpaired) electrons. The molecule has 0 aromatic carbocycles. The van der Waals surface area contributed by atoms with E-state index in [0.717, 1.165) is 5.69 Å². The number of carbonyl (C=O) groups excluding carboxylic acids is 1. The van der Waals surface area contributed by atoms with Crippen LogP contribution in [0.1, 0.15) is 101 Å². The molecular formula is C41H76BN5O11. The highest BCUT2D eigenvalue weighted by Crippen LogP contribution is 2.45. The average Bonchev–Trinajstić information content (AvgIpc) is 3.57. The van der Waals surface area contributed by atoms with Crippen LogP contribution in [0.2, 0.25) is 0 Å². The van der Waals surface area contributed by atoms with Crippen molar-refractivity contribution in [3.8, 4) is 0 Å². The minimum absolute atomic E-state index is 0.146. The van der Waals surface area contributed by atoms with Gasteiger partial charge in [0, 0.05) is 57.2 Å². The topological polar surface area (TPSA) is 202 Å². The van der Waals surface area contributed by atoms with Gasteiger partial charge in [0.1, 0.15) is 30.0 Å². The van der Waals surface area contributed by atoms with Crippen molar-refractivity contribution in [3.63, 3.8) is 0 Å². The van der Waals surface area contributed by atoms with Crippen LogP contribution in [0.4, 0.5) is 0 Å². The molecule has 1 aromatic heterocycles. The van der Waals surface area contributed by atoms with Gasteiger partial charge in [-0.1, -0.05) is 32.9 Å². The van der Waals surface area contributed by atoms with Crippen molar-refractivity contribution in [3.05, 3.63) is 11.9 Å². The summed E-state index contributed by atoms with van der Waals surface area (Å²) in [5.74, 6) is -3.01. The fourth-order valence-corrected chi connectivity index (χ4v) is 10.2. The zero-order chi connectivity index (χ0) is 43.7. The lowest BCUT2D eigenvalue weighted by molar-refractivity contribution is -0.302. The number of esters is 1. The first-order chi connectivity index (χ1) is 26.9. The molecule has 0 bridgehead atoms. The van der Waals surface area contributed by atoms with Crippen LogP contribution in [-0.2, 0) is 34.9 Å². The van der Waals surface area contributed by atoms with Crippen LogP contribution in [0.25, 0.3) is 0 Å². The maximum absolute atomic E-state index is 14.5. The normalized spacial score (nSPS) is 45.7. The molecule has 0 spiro atoms.